The van der Waals surface area contributed by atoms with E-state index in [1.165, 1.54) is 35.8 Å². The maximum absolute atomic E-state index is 13.2. The predicted molar refractivity (Wildman–Crippen MR) is 130 cm³/mol. The highest BCUT2D eigenvalue weighted by Gasteiger charge is 2.31. The molecule has 1 unspecified atom stereocenters. The normalized spacial score (nSPS) is 15.4. The first-order chi connectivity index (χ1) is 17.5. The van der Waals surface area contributed by atoms with Crippen molar-refractivity contribution in [3.63, 3.8) is 0 Å². The van der Waals surface area contributed by atoms with Crippen molar-refractivity contribution in [2.24, 2.45) is 4.99 Å². The van der Waals surface area contributed by atoms with Gasteiger partial charge in [0, 0.05) is 17.0 Å². The summed E-state index contributed by atoms with van der Waals surface area (Å²) in [5.41, 5.74) is 1.66. The maximum Gasteiger partial charge on any atom is 0.436 e. The van der Waals surface area contributed by atoms with E-state index in [0.29, 0.717) is 23.8 Å². The summed E-state index contributed by atoms with van der Waals surface area (Å²) in [6, 6.07) is 16.9. The van der Waals surface area contributed by atoms with Crippen LogP contribution < -0.4 is 20.2 Å². The fourth-order valence-corrected chi connectivity index (χ4v) is 5.77. The first kappa shape index (κ1) is 23.6. The molecule has 0 saturated carbocycles. The Hall–Kier alpha value is -4.18. The number of aromatic amines is 1. The number of aromatic nitrogens is 2. The number of H-pyrrole nitrogens is 1. The van der Waals surface area contributed by atoms with Gasteiger partial charge in [0.15, 0.2) is 0 Å². The quantitative estimate of drug-likeness (QED) is 0.186. The highest BCUT2D eigenvalue weighted by Crippen LogP contribution is 2.44. The van der Waals surface area contributed by atoms with Gasteiger partial charge in [-0.15, -0.1) is 11.3 Å². The molecule has 0 aliphatic heterocycles. The van der Waals surface area contributed by atoms with Gasteiger partial charge in [0.25, 0.3) is 0 Å². The molecule has 5 rings (SSSR count). The topological polar surface area (TPSA) is 121 Å². The van der Waals surface area contributed by atoms with Crippen LogP contribution in [-0.2, 0) is 17.6 Å². The molecule has 2 aromatic carbocycles. The molecular weight excluding hydrogens is 482 g/mol. The molecule has 184 valence electrons. The van der Waals surface area contributed by atoms with Crippen molar-refractivity contribution in [3.8, 4) is 11.4 Å². The number of rotatable bonds is 6. The molecule has 4 aromatic rings. The van der Waals surface area contributed by atoms with Crippen molar-refractivity contribution >= 4 is 28.2 Å². The zero-order valence-corrected chi connectivity index (χ0v) is 20.5. The van der Waals surface area contributed by atoms with E-state index in [1.807, 2.05) is 18.2 Å². The van der Waals surface area contributed by atoms with E-state index in [4.69, 9.17) is 14.0 Å². The van der Waals surface area contributed by atoms with Crippen LogP contribution in [-0.4, -0.2) is 31.4 Å². The molecule has 2 heterocycles. The van der Waals surface area contributed by atoms with E-state index in [2.05, 4.69) is 22.4 Å². The van der Waals surface area contributed by atoms with Crippen LogP contribution in [0.4, 0.5) is 5.00 Å². The molecule has 0 saturated heterocycles. The Morgan fingerprint density at radius 1 is 1.17 bits per heavy atom. The molecule has 0 radical (unpaired) electrons. The van der Waals surface area contributed by atoms with Crippen molar-refractivity contribution in [3.05, 3.63) is 92.3 Å². The lowest BCUT2D eigenvalue weighted by Gasteiger charge is -2.22. The first-order valence-electron chi connectivity index (χ1n) is 11.3. The third-order valence-electron chi connectivity index (χ3n) is 6.29. The summed E-state index contributed by atoms with van der Waals surface area (Å²) >= 11 is 1.29. The number of hydrogen-bond donors (Lipinski definition) is 1. The summed E-state index contributed by atoms with van der Waals surface area (Å²) in [6.07, 6.45) is 2.26. The number of nitrogens with zero attached hydrogens (tertiary/aromatic N) is 2. The zero-order chi connectivity index (χ0) is 25.2. The van der Waals surface area contributed by atoms with Crippen molar-refractivity contribution in [2.45, 2.75) is 25.2 Å². The fourth-order valence-electron chi connectivity index (χ4n) is 4.49. The molecule has 0 amide bonds. The molecule has 9 nitrogen and oxygen atoms in total. The second kappa shape index (κ2) is 9.82. The van der Waals surface area contributed by atoms with Gasteiger partial charge in [-0.05, 0) is 58.4 Å². The number of methoxy groups -OCH3 is 2. The molecular formula is C26H23N3O6S. The number of carbonyl (C=O) groups is 1. The third-order valence-corrected chi connectivity index (χ3v) is 7.44. The van der Waals surface area contributed by atoms with E-state index in [-0.39, 0.29) is 16.3 Å². The van der Waals surface area contributed by atoms with Gasteiger partial charge in [-0.3, -0.25) is 4.52 Å². The zero-order valence-electron chi connectivity index (χ0n) is 19.6. The lowest BCUT2D eigenvalue weighted by molar-refractivity contribution is -0.673. The van der Waals surface area contributed by atoms with E-state index >= 15 is 0 Å². The molecule has 1 atom stereocenters. The number of nitrogens with one attached hydrogen (secondary N) is 1. The molecule has 2 aromatic heterocycles. The molecule has 1 aliphatic rings. The van der Waals surface area contributed by atoms with E-state index in [0.717, 1.165) is 23.3 Å². The molecule has 0 bridgehead atoms. The van der Waals surface area contributed by atoms with E-state index in [1.54, 1.807) is 24.3 Å². The number of aliphatic imine (C=N–C) groups is 1. The molecule has 1 N–H and O–H groups in total. The molecule has 1 aliphatic carbocycles. The molecule has 10 heteroatoms. The highest BCUT2D eigenvalue weighted by atomic mass is 32.1. The van der Waals surface area contributed by atoms with Crippen molar-refractivity contribution in [2.75, 3.05) is 14.2 Å². The average Bonchev–Trinajstić information content (AvgIpc) is 3.48. The van der Waals surface area contributed by atoms with Gasteiger partial charge in [0.05, 0.1) is 25.7 Å². The van der Waals surface area contributed by atoms with Crippen LogP contribution in [0.1, 0.15) is 44.4 Å². The summed E-state index contributed by atoms with van der Waals surface area (Å²) < 4.78 is 16.3. The van der Waals surface area contributed by atoms with Gasteiger partial charge in [-0.1, -0.05) is 30.3 Å². The van der Waals surface area contributed by atoms with E-state index < -0.39 is 17.5 Å². The second-order valence-electron chi connectivity index (χ2n) is 8.31. The standard InChI is InChI=1S/C26H23N3O6S/c1-33-18-11-9-17(10-12-18)29-22(26(32)35-28-29)23(30)27-24-21(25(31)34-2)19-13-8-16(14-20(19)36-24)15-6-4-3-5-7-15/h3-7,9-12,16H,8,13-14H2,1-2H3,(H-,27,28,30,31,32). The fraction of sp³-hybridized carbons (Fsp3) is 0.231. The molecule has 0 fully saturated rings. The Balaban J connectivity index is 1.55. The number of fused-ring (bicyclic) bond motifs is 1. The molecule has 0 spiro atoms. The van der Waals surface area contributed by atoms with Gasteiger partial charge in [-0.2, -0.15) is 0 Å². The monoisotopic (exact) mass is 505 g/mol. The lowest BCUT2D eigenvalue weighted by atomic mass is 9.83. The Labute approximate surface area is 210 Å². The van der Waals surface area contributed by atoms with Gasteiger partial charge in [-0.25, -0.2) is 14.6 Å². The minimum absolute atomic E-state index is 0.229. The Kier molecular flexibility index (Phi) is 6.43. The largest absolute Gasteiger partial charge is 0.854 e. The molecule has 36 heavy (non-hydrogen) atoms. The number of thiophene rings is 1. The summed E-state index contributed by atoms with van der Waals surface area (Å²) in [5.74, 6) is -0.464. The van der Waals surface area contributed by atoms with Crippen LogP contribution in [0.3, 0.4) is 0 Å². The lowest BCUT2D eigenvalue weighted by Crippen LogP contribution is -2.44. The van der Waals surface area contributed by atoms with Crippen LogP contribution >= 0.6 is 11.3 Å². The van der Waals surface area contributed by atoms with Crippen LogP contribution in [0, 0.1) is 0 Å². The number of ether oxygens (including phenoxy) is 2. The Bertz CT molecular complexity index is 1480. The first-order valence-corrected chi connectivity index (χ1v) is 12.1. The highest BCUT2D eigenvalue weighted by molar-refractivity contribution is 7.16. The van der Waals surface area contributed by atoms with Crippen LogP contribution in [0.25, 0.3) is 5.69 Å². The van der Waals surface area contributed by atoms with Gasteiger partial charge >= 0.3 is 17.3 Å². The minimum atomic E-state index is -0.871. The van der Waals surface area contributed by atoms with E-state index in [9.17, 15) is 14.7 Å². The predicted octanol–water partition coefficient (Wildman–Crippen LogP) is 2.81. The van der Waals surface area contributed by atoms with Crippen LogP contribution in [0.5, 0.6) is 5.75 Å². The van der Waals surface area contributed by atoms with Crippen molar-refractivity contribution in [1.29, 1.82) is 0 Å². The Morgan fingerprint density at radius 2 is 1.92 bits per heavy atom. The number of benzene rings is 2. The van der Waals surface area contributed by atoms with Gasteiger partial charge in [0.2, 0.25) is 5.69 Å². The SMILES string of the molecule is COC(=O)c1c(/N=C(\[O-])c2c(=O)o[nH][n+]2-c2ccc(OC)cc2)sc2c1CCC(c1ccccc1)C2. The maximum atomic E-state index is 13.2. The smallest absolute Gasteiger partial charge is 0.436 e. The summed E-state index contributed by atoms with van der Waals surface area (Å²) in [5, 5.41) is 15.9. The second-order valence-corrected chi connectivity index (χ2v) is 9.39. The number of esters is 1. The number of carbonyl (C=O) groups excluding carboxylic acids is 1. The summed E-state index contributed by atoms with van der Waals surface area (Å²) in [7, 11) is 2.84. The third kappa shape index (κ3) is 4.31. The minimum Gasteiger partial charge on any atom is -0.854 e. The average molecular weight is 506 g/mol. The van der Waals surface area contributed by atoms with Crippen molar-refractivity contribution in [1.82, 2.24) is 5.27 Å². The Morgan fingerprint density at radius 3 is 2.61 bits per heavy atom. The summed E-state index contributed by atoms with van der Waals surface area (Å²) in [6.45, 7) is 0. The summed E-state index contributed by atoms with van der Waals surface area (Å²) in [4.78, 5) is 30.3. The number of hydrogen-bond acceptors (Lipinski definition) is 8. The van der Waals surface area contributed by atoms with Gasteiger partial charge in [0.1, 0.15) is 10.8 Å². The van der Waals surface area contributed by atoms with Gasteiger partial charge < -0.3 is 14.6 Å². The van der Waals surface area contributed by atoms with Crippen molar-refractivity contribution < 1.29 is 28.6 Å². The van der Waals surface area contributed by atoms with Crippen LogP contribution in [0.2, 0.25) is 0 Å². The van der Waals surface area contributed by atoms with Crippen LogP contribution in [0.15, 0.2) is 68.9 Å².